The van der Waals surface area contributed by atoms with Gasteiger partial charge in [0.15, 0.2) is 0 Å². The van der Waals surface area contributed by atoms with E-state index in [1.165, 1.54) is 12.1 Å². The average molecular weight is 394 g/mol. The average Bonchev–Trinajstić information content (AvgIpc) is 2.65. The van der Waals surface area contributed by atoms with Crippen LogP contribution in [0.2, 0.25) is 0 Å². The van der Waals surface area contributed by atoms with Crippen molar-refractivity contribution in [3.8, 4) is 0 Å². The van der Waals surface area contributed by atoms with Crippen LogP contribution in [0, 0.1) is 20.8 Å². The normalized spacial score (nSPS) is 11.1. The molecule has 0 aromatic heterocycles. The highest BCUT2D eigenvalue weighted by molar-refractivity contribution is 7.92. The fourth-order valence-corrected chi connectivity index (χ4v) is 3.77. The molecule has 0 unspecified atom stereocenters. The monoisotopic (exact) mass is 394 g/mol. The van der Waals surface area contributed by atoms with Crippen LogP contribution < -0.4 is 10.0 Å². The molecule has 28 heavy (non-hydrogen) atoms. The van der Waals surface area contributed by atoms with E-state index in [0.717, 1.165) is 11.1 Å². The first-order valence-electron chi connectivity index (χ1n) is 8.83. The Kier molecular flexibility index (Phi) is 5.51. The molecule has 5 nitrogen and oxygen atoms in total. The van der Waals surface area contributed by atoms with E-state index in [4.69, 9.17) is 0 Å². The third-order valence-corrected chi connectivity index (χ3v) is 5.76. The summed E-state index contributed by atoms with van der Waals surface area (Å²) in [5.74, 6) is -0.353. The predicted molar refractivity (Wildman–Crippen MR) is 112 cm³/mol. The number of rotatable bonds is 5. The van der Waals surface area contributed by atoms with E-state index in [-0.39, 0.29) is 10.8 Å². The molecule has 0 saturated heterocycles. The maximum atomic E-state index is 12.7. The number of sulfonamides is 1. The Morgan fingerprint density at radius 3 is 1.86 bits per heavy atom. The molecule has 0 fully saturated rings. The third-order valence-electron chi connectivity index (χ3n) is 4.38. The molecular formula is C22H22N2O3S. The highest BCUT2D eigenvalue weighted by Gasteiger charge is 2.18. The van der Waals surface area contributed by atoms with Crippen LogP contribution in [0.25, 0.3) is 0 Å². The summed E-state index contributed by atoms with van der Waals surface area (Å²) in [5.41, 5.74) is 4.25. The van der Waals surface area contributed by atoms with Crippen molar-refractivity contribution in [2.24, 2.45) is 0 Å². The van der Waals surface area contributed by atoms with Crippen molar-refractivity contribution in [3.63, 3.8) is 0 Å². The van der Waals surface area contributed by atoms with Gasteiger partial charge >= 0.3 is 0 Å². The van der Waals surface area contributed by atoms with E-state index >= 15 is 0 Å². The number of carbonyl (C=O) groups is 1. The van der Waals surface area contributed by atoms with Crippen LogP contribution in [0.5, 0.6) is 0 Å². The van der Waals surface area contributed by atoms with Crippen LogP contribution in [0.15, 0.2) is 71.6 Å². The van der Waals surface area contributed by atoms with Gasteiger partial charge in [-0.3, -0.25) is 9.52 Å². The minimum absolute atomic E-state index is 0.0349. The van der Waals surface area contributed by atoms with E-state index in [1.807, 2.05) is 50.2 Å². The molecule has 0 heterocycles. The van der Waals surface area contributed by atoms with Crippen molar-refractivity contribution < 1.29 is 13.2 Å². The summed E-state index contributed by atoms with van der Waals surface area (Å²) in [4.78, 5) is 12.7. The van der Waals surface area contributed by atoms with Crippen LogP contribution in [0.1, 0.15) is 27.0 Å². The number of benzene rings is 3. The van der Waals surface area contributed by atoms with Crippen molar-refractivity contribution in [1.29, 1.82) is 0 Å². The molecule has 144 valence electrons. The van der Waals surface area contributed by atoms with Crippen LogP contribution in [-0.4, -0.2) is 14.3 Å². The SMILES string of the molecule is Cc1ccc(NC(=O)c2cc(S(=O)(=O)Nc3ccc(C)cc3)ccc2C)cc1. The number of carbonyl (C=O) groups excluding carboxylic acids is 1. The van der Waals surface area contributed by atoms with Crippen molar-refractivity contribution in [2.45, 2.75) is 25.7 Å². The molecule has 0 aliphatic rings. The van der Waals surface area contributed by atoms with Crippen molar-refractivity contribution in [1.82, 2.24) is 0 Å². The highest BCUT2D eigenvalue weighted by Crippen LogP contribution is 2.21. The molecule has 3 aromatic rings. The lowest BCUT2D eigenvalue weighted by atomic mass is 10.1. The van der Waals surface area contributed by atoms with Crippen molar-refractivity contribution >= 4 is 27.3 Å². The van der Waals surface area contributed by atoms with E-state index in [9.17, 15) is 13.2 Å². The Morgan fingerprint density at radius 2 is 1.29 bits per heavy atom. The minimum atomic E-state index is -3.81. The zero-order chi connectivity index (χ0) is 20.3. The summed E-state index contributed by atoms with van der Waals surface area (Å²) >= 11 is 0. The standard InChI is InChI=1S/C22H22N2O3S/c1-15-4-9-18(10-5-15)23-22(25)21-14-20(13-8-17(21)3)28(26,27)24-19-11-6-16(2)7-12-19/h4-14,24H,1-3H3,(H,23,25). The fraction of sp³-hybridized carbons (Fsp3) is 0.136. The molecule has 0 bridgehead atoms. The van der Waals surface area contributed by atoms with Gasteiger partial charge in [-0.25, -0.2) is 8.42 Å². The first kappa shape index (κ1) is 19.6. The molecule has 0 saturated carbocycles. The predicted octanol–water partition coefficient (Wildman–Crippen LogP) is 4.66. The van der Waals surface area contributed by atoms with Gasteiger partial charge in [-0.2, -0.15) is 0 Å². The van der Waals surface area contributed by atoms with Gasteiger partial charge in [-0.05, 0) is 62.7 Å². The first-order valence-corrected chi connectivity index (χ1v) is 10.3. The topological polar surface area (TPSA) is 75.3 Å². The Bertz CT molecular complexity index is 1100. The Labute approximate surface area is 165 Å². The summed E-state index contributed by atoms with van der Waals surface area (Å²) in [7, 11) is -3.81. The van der Waals surface area contributed by atoms with Crippen LogP contribution in [0.3, 0.4) is 0 Å². The molecule has 0 radical (unpaired) electrons. The zero-order valence-electron chi connectivity index (χ0n) is 16.0. The van der Waals surface area contributed by atoms with Crippen molar-refractivity contribution in [2.75, 3.05) is 10.0 Å². The molecule has 2 N–H and O–H groups in total. The molecule has 0 aliphatic carbocycles. The second-order valence-electron chi connectivity index (χ2n) is 6.77. The van der Waals surface area contributed by atoms with Gasteiger partial charge in [0.25, 0.3) is 15.9 Å². The fourth-order valence-electron chi connectivity index (χ4n) is 2.68. The van der Waals surface area contributed by atoms with Crippen LogP contribution in [-0.2, 0) is 10.0 Å². The van der Waals surface area contributed by atoms with E-state index in [2.05, 4.69) is 10.0 Å². The molecule has 1 amide bonds. The van der Waals surface area contributed by atoms with E-state index < -0.39 is 10.0 Å². The van der Waals surface area contributed by atoms with E-state index in [1.54, 1.807) is 25.1 Å². The largest absolute Gasteiger partial charge is 0.322 e. The maximum Gasteiger partial charge on any atom is 0.261 e. The first-order chi connectivity index (χ1) is 13.2. The molecule has 0 aliphatic heterocycles. The smallest absolute Gasteiger partial charge is 0.261 e. The Hall–Kier alpha value is -3.12. The summed E-state index contributed by atoms with van der Waals surface area (Å²) in [6, 6.07) is 19.0. The lowest BCUT2D eigenvalue weighted by Gasteiger charge is -2.12. The van der Waals surface area contributed by atoms with Gasteiger partial charge in [0.2, 0.25) is 0 Å². The second kappa shape index (κ2) is 7.86. The molecule has 3 rings (SSSR count). The Morgan fingerprint density at radius 1 is 0.750 bits per heavy atom. The summed E-state index contributed by atoms with van der Waals surface area (Å²) < 4.78 is 28.0. The number of nitrogens with one attached hydrogen (secondary N) is 2. The lowest BCUT2D eigenvalue weighted by molar-refractivity contribution is 0.102. The summed E-state index contributed by atoms with van der Waals surface area (Å²) in [6.45, 7) is 5.66. The summed E-state index contributed by atoms with van der Waals surface area (Å²) in [5, 5.41) is 2.81. The minimum Gasteiger partial charge on any atom is -0.322 e. The Balaban J connectivity index is 1.86. The number of hydrogen-bond acceptors (Lipinski definition) is 3. The number of anilines is 2. The van der Waals surface area contributed by atoms with E-state index in [0.29, 0.717) is 22.5 Å². The second-order valence-corrected chi connectivity index (χ2v) is 8.45. The van der Waals surface area contributed by atoms with Gasteiger partial charge in [-0.1, -0.05) is 41.5 Å². The van der Waals surface area contributed by atoms with Crippen LogP contribution in [0.4, 0.5) is 11.4 Å². The maximum absolute atomic E-state index is 12.7. The van der Waals surface area contributed by atoms with Gasteiger partial charge in [0, 0.05) is 16.9 Å². The zero-order valence-corrected chi connectivity index (χ0v) is 16.8. The lowest BCUT2D eigenvalue weighted by Crippen LogP contribution is -2.17. The molecule has 3 aromatic carbocycles. The van der Waals surface area contributed by atoms with Gasteiger partial charge < -0.3 is 5.32 Å². The van der Waals surface area contributed by atoms with Crippen LogP contribution >= 0.6 is 0 Å². The quantitative estimate of drug-likeness (QED) is 0.661. The molecular weight excluding hydrogens is 372 g/mol. The number of hydrogen-bond donors (Lipinski definition) is 2. The molecule has 0 spiro atoms. The number of aryl methyl sites for hydroxylation is 3. The number of amides is 1. The molecule has 6 heteroatoms. The van der Waals surface area contributed by atoms with Gasteiger partial charge in [0.1, 0.15) is 0 Å². The summed E-state index contributed by atoms with van der Waals surface area (Å²) in [6.07, 6.45) is 0. The molecule has 0 atom stereocenters. The highest BCUT2D eigenvalue weighted by atomic mass is 32.2. The van der Waals surface area contributed by atoms with Gasteiger partial charge in [0.05, 0.1) is 4.90 Å². The van der Waals surface area contributed by atoms with Gasteiger partial charge in [-0.15, -0.1) is 0 Å². The van der Waals surface area contributed by atoms with Crippen molar-refractivity contribution in [3.05, 3.63) is 89.0 Å². The third kappa shape index (κ3) is 4.58.